The second-order valence-electron chi connectivity index (χ2n) is 2.66. The zero-order valence-electron chi connectivity index (χ0n) is 6.55. The van der Waals surface area contributed by atoms with Gasteiger partial charge >= 0.3 is 0 Å². The topological polar surface area (TPSA) is 0 Å². The SMILES string of the molecule is Sc1sc2cc(I)ccc2c1CBr. The number of hydrogen-bond acceptors (Lipinski definition) is 2. The summed E-state index contributed by atoms with van der Waals surface area (Å²) in [5.74, 6) is 0. The van der Waals surface area contributed by atoms with Gasteiger partial charge in [-0.3, -0.25) is 0 Å². The molecule has 0 N–H and O–H groups in total. The molecular weight excluding hydrogens is 379 g/mol. The van der Waals surface area contributed by atoms with Crippen LogP contribution >= 0.6 is 62.5 Å². The van der Waals surface area contributed by atoms with E-state index in [0.717, 1.165) is 9.54 Å². The standard InChI is InChI=1S/C9H6BrIS2/c10-4-7-6-2-1-5(11)3-8(6)13-9(7)12/h1-3,12H,4H2. The Balaban J connectivity index is 2.79. The molecule has 1 aromatic carbocycles. The lowest BCUT2D eigenvalue weighted by atomic mass is 10.2. The molecule has 0 amide bonds. The monoisotopic (exact) mass is 384 g/mol. The Morgan fingerprint density at radius 2 is 2.23 bits per heavy atom. The molecule has 0 atom stereocenters. The highest BCUT2D eigenvalue weighted by molar-refractivity contribution is 14.1. The van der Waals surface area contributed by atoms with E-state index in [2.05, 4.69) is 69.3 Å². The van der Waals surface area contributed by atoms with Gasteiger partial charge in [-0.2, -0.15) is 0 Å². The summed E-state index contributed by atoms with van der Waals surface area (Å²) >= 11 is 12.0. The van der Waals surface area contributed by atoms with Gasteiger partial charge in [0, 0.05) is 13.6 Å². The third-order valence-corrected chi connectivity index (χ3v) is 4.64. The van der Waals surface area contributed by atoms with Gasteiger partial charge in [-0.15, -0.1) is 24.0 Å². The Hall–Kier alpha value is 0.740. The van der Waals surface area contributed by atoms with Crippen molar-refractivity contribution in [2.24, 2.45) is 0 Å². The molecule has 0 aliphatic heterocycles. The van der Waals surface area contributed by atoms with Crippen LogP contribution in [0.15, 0.2) is 22.4 Å². The summed E-state index contributed by atoms with van der Waals surface area (Å²) < 4.78 is 3.72. The normalized spacial score (nSPS) is 11.0. The van der Waals surface area contributed by atoms with Crippen LogP contribution in [0.25, 0.3) is 10.1 Å². The highest BCUT2D eigenvalue weighted by Gasteiger charge is 2.07. The summed E-state index contributed by atoms with van der Waals surface area (Å²) in [6, 6.07) is 6.51. The number of thiophene rings is 1. The molecule has 13 heavy (non-hydrogen) atoms. The number of hydrogen-bond donors (Lipinski definition) is 1. The molecule has 1 aromatic heterocycles. The van der Waals surface area contributed by atoms with Crippen LogP contribution in [0.1, 0.15) is 5.56 Å². The summed E-state index contributed by atoms with van der Waals surface area (Å²) in [4.78, 5) is 0. The molecule has 2 rings (SSSR count). The van der Waals surface area contributed by atoms with E-state index in [4.69, 9.17) is 0 Å². The molecule has 0 radical (unpaired) electrons. The van der Waals surface area contributed by atoms with Gasteiger partial charge in [-0.1, -0.05) is 22.0 Å². The summed E-state index contributed by atoms with van der Waals surface area (Å²) in [7, 11) is 0. The zero-order valence-corrected chi connectivity index (χ0v) is 12.0. The maximum Gasteiger partial charge on any atom is 0.0621 e. The first kappa shape index (κ1) is 10.3. The maximum atomic E-state index is 4.46. The van der Waals surface area contributed by atoms with Crippen molar-refractivity contribution >= 4 is 72.6 Å². The van der Waals surface area contributed by atoms with Gasteiger partial charge in [0.2, 0.25) is 0 Å². The van der Waals surface area contributed by atoms with Crippen LogP contribution in [0.5, 0.6) is 0 Å². The zero-order chi connectivity index (χ0) is 9.42. The van der Waals surface area contributed by atoms with Crippen LogP contribution in [-0.2, 0) is 5.33 Å². The molecule has 0 fully saturated rings. The molecule has 0 spiro atoms. The fraction of sp³-hybridized carbons (Fsp3) is 0.111. The van der Waals surface area contributed by atoms with Gasteiger partial charge < -0.3 is 0 Å². The van der Waals surface area contributed by atoms with Crippen molar-refractivity contribution < 1.29 is 0 Å². The van der Waals surface area contributed by atoms with Gasteiger partial charge in [-0.05, 0) is 45.7 Å². The van der Waals surface area contributed by atoms with E-state index in [1.54, 1.807) is 11.3 Å². The Morgan fingerprint density at radius 1 is 1.46 bits per heavy atom. The number of alkyl halides is 1. The van der Waals surface area contributed by atoms with Crippen molar-refractivity contribution in [3.8, 4) is 0 Å². The molecular formula is C9H6BrIS2. The lowest BCUT2D eigenvalue weighted by Crippen LogP contribution is -1.75. The van der Waals surface area contributed by atoms with E-state index >= 15 is 0 Å². The van der Waals surface area contributed by atoms with Crippen molar-refractivity contribution in [1.82, 2.24) is 0 Å². The third kappa shape index (κ3) is 1.91. The Kier molecular flexibility index (Phi) is 3.22. The average Bonchev–Trinajstić information content (AvgIpc) is 2.39. The van der Waals surface area contributed by atoms with E-state index in [1.165, 1.54) is 19.2 Å². The molecule has 0 bridgehead atoms. The minimum absolute atomic E-state index is 0.881. The van der Waals surface area contributed by atoms with E-state index in [0.29, 0.717) is 0 Å². The van der Waals surface area contributed by atoms with Crippen molar-refractivity contribution in [3.63, 3.8) is 0 Å². The predicted molar refractivity (Wildman–Crippen MR) is 74.4 cm³/mol. The first-order valence-electron chi connectivity index (χ1n) is 3.68. The molecule has 0 unspecified atom stereocenters. The molecule has 2 aromatic rings. The smallest absolute Gasteiger partial charge is 0.0621 e. The van der Waals surface area contributed by atoms with E-state index in [1.807, 2.05) is 0 Å². The van der Waals surface area contributed by atoms with Crippen LogP contribution in [-0.4, -0.2) is 0 Å². The summed E-state index contributed by atoms with van der Waals surface area (Å²) in [5, 5.41) is 2.21. The van der Waals surface area contributed by atoms with E-state index in [-0.39, 0.29) is 0 Å². The van der Waals surface area contributed by atoms with Crippen molar-refractivity contribution in [2.45, 2.75) is 9.54 Å². The lowest BCUT2D eigenvalue weighted by Gasteiger charge is -1.94. The molecule has 1 heterocycles. The van der Waals surface area contributed by atoms with Gasteiger partial charge in [0.15, 0.2) is 0 Å². The van der Waals surface area contributed by atoms with Crippen molar-refractivity contribution in [1.29, 1.82) is 0 Å². The molecule has 0 saturated carbocycles. The van der Waals surface area contributed by atoms with Gasteiger partial charge in [-0.25, -0.2) is 0 Å². The largest absolute Gasteiger partial charge is 0.132 e. The van der Waals surface area contributed by atoms with Gasteiger partial charge in [0.25, 0.3) is 0 Å². The first-order valence-corrected chi connectivity index (χ1v) is 7.14. The van der Waals surface area contributed by atoms with Crippen molar-refractivity contribution in [3.05, 3.63) is 27.3 Å². The van der Waals surface area contributed by atoms with Gasteiger partial charge in [0.1, 0.15) is 0 Å². The quantitative estimate of drug-likeness (QED) is 0.411. The number of rotatable bonds is 1. The second kappa shape index (κ2) is 4.08. The first-order chi connectivity index (χ1) is 6.22. The fourth-order valence-electron chi connectivity index (χ4n) is 1.24. The van der Waals surface area contributed by atoms with Crippen molar-refractivity contribution in [2.75, 3.05) is 0 Å². The fourth-order valence-corrected chi connectivity index (χ4v) is 4.42. The number of benzene rings is 1. The Bertz CT molecular complexity index is 450. The lowest BCUT2D eigenvalue weighted by molar-refractivity contribution is 1.43. The maximum absolute atomic E-state index is 4.46. The van der Waals surface area contributed by atoms with Crippen LogP contribution < -0.4 is 0 Å². The molecule has 4 heteroatoms. The van der Waals surface area contributed by atoms with E-state index in [9.17, 15) is 0 Å². The van der Waals surface area contributed by atoms with Crippen LogP contribution in [0.2, 0.25) is 0 Å². The highest BCUT2D eigenvalue weighted by Crippen LogP contribution is 2.35. The third-order valence-electron chi connectivity index (χ3n) is 1.87. The molecule has 0 aliphatic rings. The minimum atomic E-state index is 0.881. The second-order valence-corrected chi connectivity index (χ2v) is 6.27. The van der Waals surface area contributed by atoms with Crippen LogP contribution in [0, 0.1) is 3.57 Å². The van der Waals surface area contributed by atoms with E-state index < -0.39 is 0 Å². The molecule has 68 valence electrons. The number of thiol groups is 1. The highest BCUT2D eigenvalue weighted by atomic mass is 127. The van der Waals surface area contributed by atoms with Gasteiger partial charge in [0.05, 0.1) is 4.21 Å². The minimum Gasteiger partial charge on any atom is -0.132 e. The number of halogens is 2. The predicted octanol–water partition coefficient (Wildman–Crippen LogP) is 4.69. The molecule has 0 saturated heterocycles. The Labute approximate surface area is 108 Å². The summed E-state index contributed by atoms with van der Waals surface area (Å²) in [6.45, 7) is 0. The number of fused-ring (bicyclic) bond motifs is 1. The Morgan fingerprint density at radius 3 is 2.92 bits per heavy atom. The van der Waals surface area contributed by atoms with Crippen LogP contribution in [0.4, 0.5) is 0 Å². The summed E-state index contributed by atoms with van der Waals surface area (Å²) in [6.07, 6.45) is 0. The summed E-state index contributed by atoms with van der Waals surface area (Å²) in [5.41, 5.74) is 1.31. The average molecular weight is 385 g/mol. The van der Waals surface area contributed by atoms with Crippen LogP contribution in [0.3, 0.4) is 0 Å². The molecule has 0 aliphatic carbocycles. The molecule has 0 nitrogen and oxygen atoms in total.